The van der Waals surface area contributed by atoms with Crippen molar-refractivity contribution in [1.82, 2.24) is 0 Å². The van der Waals surface area contributed by atoms with Crippen LogP contribution in [-0.4, -0.2) is 5.91 Å². The number of halogens is 1. The zero-order valence-corrected chi connectivity index (χ0v) is 10.9. The van der Waals surface area contributed by atoms with Crippen molar-refractivity contribution in [2.45, 2.75) is 6.54 Å². The van der Waals surface area contributed by atoms with Crippen molar-refractivity contribution in [2.24, 2.45) is 11.5 Å². The summed E-state index contributed by atoms with van der Waals surface area (Å²) in [5.41, 5.74) is 12.0. The van der Waals surface area contributed by atoms with E-state index in [9.17, 15) is 4.79 Å². The van der Waals surface area contributed by atoms with Crippen molar-refractivity contribution in [1.29, 1.82) is 0 Å². The van der Waals surface area contributed by atoms with Gasteiger partial charge in [-0.25, -0.2) is 0 Å². The number of carbonyl (C=O) groups excluding carboxylic acids is 1. The Morgan fingerprint density at radius 1 is 1.16 bits per heavy atom. The van der Waals surface area contributed by atoms with E-state index in [0.29, 0.717) is 22.1 Å². The van der Waals surface area contributed by atoms with Crippen LogP contribution >= 0.6 is 11.6 Å². The fourth-order valence-electron chi connectivity index (χ4n) is 1.70. The summed E-state index contributed by atoms with van der Waals surface area (Å²) in [6.07, 6.45) is 0. The van der Waals surface area contributed by atoms with Crippen LogP contribution in [0.5, 0.6) is 11.5 Å². The van der Waals surface area contributed by atoms with Crippen LogP contribution in [0.2, 0.25) is 5.02 Å². The Bertz CT molecular complexity index is 614. The number of hydrogen-bond acceptors (Lipinski definition) is 3. The minimum Gasteiger partial charge on any atom is -0.455 e. The molecule has 2 aromatic rings. The highest BCUT2D eigenvalue weighted by Gasteiger charge is 2.13. The molecule has 0 saturated heterocycles. The molecule has 0 heterocycles. The summed E-state index contributed by atoms with van der Waals surface area (Å²) in [6, 6.07) is 12.0. The summed E-state index contributed by atoms with van der Waals surface area (Å²) in [6.45, 7) is 0.286. The first-order valence-electron chi connectivity index (χ1n) is 5.67. The van der Waals surface area contributed by atoms with Gasteiger partial charge in [0.15, 0.2) is 5.75 Å². The van der Waals surface area contributed by atoms with Crippen molar-refractivity contribution < 1.29 is 9.53 Å². The van der Waals surface area contributed by atoms with E-state index in [4.69, 9.17) is 27.8 Å². The monoisotopic (exact) mass is 276 g/mol. The second-order valence-electron chi connectivity index (χ2n) is 3.89. The highest BCUT2D eigenvalue weighted by atomic mass is 35.5. The predicted molar refractivity (Wildman–Crippen MR) is 74.4 cm³/mol. The minimum absolute atomic E-state index is 0.286. The van der Waals surface area contributed by atoms with Crippen LogP contribution in [-0.2, 0) is 6.54 Å². The molecule has 2 aromatic carbocycles. The molecular formula is C14H13ClN2O2. The zero-order chi connectivity index (χ0) is 13.8. The molecule has 19 heavy (non-hydrogen) atoms. The van der Waals surface area contributed by atoms with Crippen LogP contribution in [0, 0.1) is 0 Å². The predicted octanol–water partition coefficient (Wildman–Crippen LogP) is 2.69. The zero-order valence-electron chi connectivity index (χ0n) is 10.1. The van der Waals surface area contributed by atoms with Gasteiger partial charge in [0.1, 0.15) is 5.75 Å². The Kier molecular flexibility index (Phi) is 4.04. The Hall–Kier alpha value is -2.04. The minimum atomic E-state index is -0.558. The van der Waals surface area contributed by atoms with Crippen molar-refractivity contribution in [3.63, 3.8) is 0 Å². The van der Waals surface area contributed by atoms with E-state index in [1.54, 1.807) is 36.4 Å². The molecule has 4 N–H and O–H groups in total. The van der Waals surface area contributed by atoms with E-state index in [0.717, 1.165) is 5.56 Å². The standard InChI is InChI=1S/C14H13ClN2O2/c15-11-6-3-4-9(8-16)13(11)19-12-7-2-1-5-10(12)14(17)18/h1-7H,8,16H2,(H2,17,18). The SMILES string of the molecule is NCc1cccc(Cl)c1Oc1ccccc1C(N)=O. The van der Waals surface area contributed by atoms with E-state index in [2.05, 4.69) is 0 Å². The van der Waals surface area contributed by atoms with Gasteiger partial charge in [-0.05, 0) is 18.2 Å². The number of ether oxygens (including phenoxy) is 1. The van der Waals surface area contributed by atoms with Crippen molar-refractivity contribution in [2.75, 3.05) is 0 Å². The van der Waals surface area contributed by atoms with Gasteiger partial charge in [0.05, 0.1) is 10.6 Å². The summed E-state index contributed by atoms with van der Waals surface area (Å²) >= 11 is 6.09. The first-order valence-corrected chi connectivity index (χ1v) is 6.05. The fraction of sp³-hybridized carbons (Fsp3) is 0.0714. The smallest absolute Gasteiger partial charge is 0.252 e. The normalized spacial score (nSPS) is 10.2. The fourth-order valence-corrected chi connectivity index (χ4v) is 1.93. The quantitative estimate of drug-likeness (QED) is 0.901. The Morgan fingerprint density at radius 3 is 2.58 bits per heavy atom. The molecule has 98 valence electrons. The highest BCUT2D eigenvalue weighted by Crippen LogP contribution is 2.34. The van der Waals surface area contributed by atoms with Gasteiger partial charge >= 0.3 is 0 Å². The number of para-hydroxylation sites is 2. The van der Waals surface area contributed by atoms with Gasteiger partial charge in [-0.15, -0.1) is 0 Å². The summed E-state index contributed by atoms with van der Waals surface area (Å²) in [4.78, 5) is 11.3. The van der Waals surface area contributed by atoms with Crippen LogP contribution in [0.15, 0.2) is 42.5 Å². The Balaban J connectivity index is 2.45. The van der Waals surface area contributed by atoms with E-state index in [1.165, 1.54) is 0 Å². The third kappa shape index (κ3) is 2.86. The number of rotatable bonds is 4. The summed E-state index contributed by atoms with van der Waals surface area (Å²) in [7, 11) is 0. The second-order valence-corrected chi connectivity index (χ2v) is 4.30. The summed E-state index contributed by atoms with van der Waals surface area (Å²) in [5, 5.41) is 0.433. The van der Waals surface area contributed by atoms with E-state index in [-0.39, 0.29) is 6.54 Å². The molecular weight excluding hydrogens is 264 g/mol. The lowest BCUT2D eigenvalue weighted by molar-refractivity contribution is 0.0998. The van der Waals surface area contributed by atoms with Gasteiger partial charge in [-0.3, -0.25) is 4.79 Å². The molecule has 0 aliphatic heterocycles. The second kappa shape index (κ2) is 5.73. The number of hydrogen-bond donors (Lipinski definition) is 2. The maximum absolute atomic E-state index is 11.3. The molecule has 1 amide bonds. The number of nitrogens with two attached hydrogens (primary N) is 2. The number of amides is 1. The molecule has 0 spiro atoms. The first-order chi connectivity index (χ1) is 9.13. The van der Waals surface area contributed by atoms with Crippen molar-refractivity contribution >= 4 is 17.5 Å². The molecule has 0 fully saturated rings. The average Bonchev–Trinajstić information content (AvgIpc) is 2.41. The maximum atomic E-state index is 11.3. The lowest BCUT2D eigenvalue weighted by Crippen LogP contribution is -2.12. The van der Waals surface area contributed by atoms with Gasteiger partial charge < -0.3 is 16.2 Å². The van der Waals surface area contributed by atoms with Gasteiger partial charge in [0, 0.05) is 12.1 Å². The van der Waals surface area contributed by atoms with Crippen LogP contribution in [0.1, 0.15) is 15.9 Å². The molecule has 4 nitrogen and oxygen atoms in total. The summed E-state index contributed by atoms with van der Waals surface area (Å²) in [5.74, 6) is 0.245. The van der Waals surface area contributed by atoms with Gasteiger partial charge in [0.25, 0.3) is 5.91 Å². The number of carbonyl (C=O) groups is 1. The molecule has 0 atom stereocenters. The lowest BCUT2D eigenvalue weighted by Gasteiger charge is -2.13. The van der Waals surface area contributed by atoms with Crippen LogP contribution in [0.3, 0.4) is 0 Å². The van der Waals surface area contributed by atoms with Gasteiger partial charge in [-0.1, -0.05) is 35.9 Å². The largest absolute Gasteiger partial charge is 0.455 e. The molecule has 0 aromatic heterocycles. The van der Waals surface area contributed by atoms with Crippen LogP contribution in [0.4, 0.5) is 0 Å². The van der Waals surface area contributed by atoms with Gasteiger partial charge in [-0.2, -0.15) is 0 Å². The lowest BCUT2D eigenvalue weighted by atomic mass is 10.1. The third-order valence-corrected chi connectivity index (χ3v) is 2.93. The van der Waals surface area contributed by atoms with Crippen LogP contribution in [0.25, 0.3) is 0 Å². The van der Waals surface area contributed by atoms with E-state index >= 15 is 0 Å². The van der Waals surface area contributed by atoms with E-state index in [1.807, 2.05) is 6.07 Å². The molecule has 0 saturated carbocycles. The summed E-state index contributed by atoms with van der Waals surface area (Å²) < 4.78 is 5.71. The van der Waals surface area contributed by atoms with Crippen molar-refractivity contribution in [3.05, 3.63) is 58.6 Å². The average molecular weight is 277 g/mol. The molecule has 0 radical (unpaired) electrons. The number of primary amides is 1. The molecule has 0 aliphatic carbocycles. The topological polar surface area (TPSA) is 78.3 Å². The maximum Gasteiger partial charge on any atom is 0.252 e. The van der Waals surface area contributed by atoms with Crippen LogP contribution < -0.4 is 16.2 Å². The Labute approximate surface area is 115 Å². The van der Waals surface area contributed by atoms with Crippen molar-refractivity contribution in [3.8, 4) is 11.5 Å². The molecule has 2 rings (SSSR count). The molecule has 0 aliphatic rings. The first kappa shape index (κ1) is 13.4. The molecule has 0 bridgehead atoms. The van der Waals surface area contributed by atoms with E-state index < -0.39 is 5.91 Å². The molecule has 0 unspecified atom stereocenters. The highest BCUT2D eigenvalue weighted by molar-refractivity contribution is 6.32. The number of benzene rings is 2. The molecule has 5 heteroatoms. The Morgan fingerprint density at radius 2 is 1.89 bits per heavy atom. The van der Waals surface area contributed by atoms with Gasteiger partial charge in [0.2, 0.25) is 0 Å². The third-order valence-electron chi connectivity index (χ3n) is 2.63.